The van der Waals surface area contributed by atoms with Crippen LogP contribution >= 0.6 is 0 Å². The van der Waals surface area contributed by atoms with Crippen molar-refractivity contribution in [3.05, 3.63) is 95.1 Å². The summed E-state index contributed by atoms with van der Waals surface area (Å²) in [4.78, 5) is 28.2. The Labute approximate surface area is 316 Å². The van der Waals surface area contributed by atoms with Gasteiger partial charge in [-0.15, -0.1) is 30.0 Å². The third kappa shape index (κ3) is 9.22. The second-order valence-electron chi connectivity index (χ2n) is 14.9. The highest BCUT2D eigenvalue weighted by Gasteiger charge is 2.25. The van der Waals surface area contributed by atoms with Crippen LogP contribution in [0.5, 0.6) is 11.5 Å². The molecule has 0 aliphatic carbocycles. The fourth-order valence-corrected chi connectivity index (χ4v) is 5.97. The number of aryl methyl sites for hydroxylation is 2. The molecule has 12 nitrogen and oxygen atoms in total. The second kappa shape index (κ2) is 16.5. The molecule has 0 unspecified atom stereocenters. The number of esters is 2. The molecule has 2 heterocycles. The monoisotopic (exact) mass is 736 g/mol. The Hall–Kier alpha value is -5.78. The summed E-state index contributed by atoms with van der Waals surface area (Å²) in [6, 6.07) is 22.3. The molecule has 54 heavy (non-hydrogen) atoms. The van der Waals surface area contributed by atoms with Gasteiger partial charge in [0.25, 0.3) is 0 Å². The van der Waals surface area contributed by atoms with Gasteiger partial charge in [0.15, 0.2) is 0 Å². The highest BCUT2D eigenvalue weighted by atomic mass is 16.6. The number of hydrogen-bond acceptors (Lipinski definition) is 10. The molecule has 12 heteroatoms. The Morgan fingerprint density at radius 3 is 1.19 bits per heavy atom. The predicted molar refractivity (Wildman–Crippen MR) is 210 cm³/mol. The SMILES string of the molecule is C.C.CC(C)(C)c1cc(CCC(=O)OCCOC(=O)CCc2cc(-n3nc4ccccc4n3)c(O)c(C(C)(C)C)c2)cc(-n2nc3ccccc3n2)c1O. The Balaban J connectivity index is 0.00000325. The van der Waals surface area contributed by atoms with Gasteiger partial charge in [-0.1, -0.05) is 92.8 Å². The van der Waals surface area contributed by atoms with Crippen molar-refractivity contribution in [1.29, 1.82) is 0 Å². The van der Waals surface area contributed by atoms with Gasteiger partial charge in [0.2, 0.25) is 0 Å². The molecule has 0 radical (unpaired) electrons. The Morgan fingerprint density at radius 1 is 0.574 bits per heavy atom. The molecule has 0 aliphatic heterocycles. The molecule has 0 aliphatic rings. The first kappa shape index (κ1) is 41.0. The molecule has 2 aromatic heterocycles. The van der Waals surface area contributed by atoms with Crippen molar-refractivity contribution in [2.75, 3.05) is 13.2 Å². The fraction of sp³-hybridized carbons (Fsp3) is 0.381. The summed E-state index contributed by atoms with van der Waals surface area (Å²) in [7, 11) is 0. The van der Waals surface area contributed by atoms with E-state index in [0.717, 1.165) is 11.1 Å². The number of carbonyl (C=O) groups excluding carboxylic acids is 2. The highest BCUT2D eigenvalue weighted by Crippen LogP contribution is 2.38. The smallest absolute Gasteiger partial charge is 0.306 e. The van der Waals surface area contributed by atoms with Crippen LogP contribution in [0, 0.1) is 0 Å². The quantitative estimate of drug-likeness (QED) is 0.0985. The van der Waals surface area contributed by atoms with Crippen LogP contribution in [-0.4, -0.2) is 65.4 Å². The first-order chi connectivity index (χ1) is 24.7. The lowest BCUT2D eigenvalue weighted by Crippen LogP contribution is -2.16. The minimum absolute atomic E-state index is 0. The van der Waals surface area contributed by atoms with Crippen LogP contribution in [0.15, 0.2) is 72.8 Å². The molecular weight excluding hydrogens is 684 g/mol. The minimum atomic E-state index is -0.433. The number of ether oxygens (including phenoxy) is 2. The Kier molecular flexibility index (Phi) is 12.5. The number of hydrogen-bond donors (Lipinski definition) is 2. The van der Waals surface area contributed by atoms with Crippen molar-refractivity contribution < 1.29 is 29.3 Å². The molecular formula is C42H52N6O6. The number of fused-ring (bicyclic) bond motifs is 2. The van der Waals surface area contributed by atoms with Crippen LogP contribution in [0.25, 0.3) is 33.4 Å². The highest BCUT2D eigenvalue weighted by molar-refractivity contribution is 5.75. The van der Waals surface area contributed by atoms with E-state index in [1.807, 2.05) is 102 Å². The van der Waals surface area contributed by atoms with E-state index in [2.05, 4.69) is 20.4 Å². The van der Waals surface area contributed by atoms with Gasteiger partial charge in [-0.05, 0) is 71.2 Å². The Morgan fingerprint density at radius 2 is 0.889 bits per heavy atom. The van der Waals surface area contributed by atoms with Crippen molar-refractivity contribution in [1.82, 2.24) is 30.0 Å². The molecule has 6 rings (SSSR count). The lowest BCUT2D eigenvalue weighted by molar-refractivity contribution is -0.152. The summed E-state index contributed by atoms with van der Waals surface area (Å²) in [5.41, 5.74) is 6.01. The zero-order chi connectivity index (χ0) is 37.2. The lowest BCUT2D eigenvalue weighted by atomic mass is 9.84. The van der Waals surface area contributed by atoms with E-state index in [0.29, 0.717) is 57.4 Å². The van der Waals surface area contributed by atoms with Crippen LogP contribution in [-0.2, 0) is 42.7 Å². The van der Waals surface area contributed by atoms with Crippen molar-refractivity contribution in [2.24, 2.45) is 0 Å². The maximum Gasteiger partial charge on any atom is 0.306 e. The van der Waals surface area contributed by atoms with Gasteiger partial charge in [-0.25, -0.2) is 0 Å². The first-order valence-corrected chi connectivity index (χ1v) is 17.4. The predicted octanol–water partition coefficient (Wildman–Crippen LogP) is 8.08. The fourth-order valence-electron chi connectivity index (χ4n) is 5.97. The molecule has 2 N–H and O–H groups in total. The third-order valence-electron chi connectivity index (χ3n) is 8.76. The second-order valence-corrected chi connectivity index (χ2v) is 14.9. The zero-order valence-corrected chi connectivity index (χ0v) is 30.4. The van der Waals surface area contributed by atoms with E-state index in [9.17, 15) is 19.8 Å². The minimum Gasteiger partial charge on any atom is -0.505 e. The summed E-state index contributed by atoms with van der Waals surface area (Å²) in [6.45, 7) is 11.9. The van der Waals surface area contributed by atoms with Gasteiger partial charge >= 0.3 is 11.9 Å². The summed E-state index contributed by atoms with van der Waals surface area (Å²) < 4.78 is 10.7. The van der Waals surface area contributed by atoms with Crippen LogP contribution in [0.4, 0.5) is 0 Å². The largest absolute Gasteiger partial charge is 0.505 e. The average molecular weight is 737 g/mol. The van der Waals surface area contributed by atoms with E-state index in [-0.39, 0.29) is 63.2 Å². The van der Waals surface area contributed by atoms with Crippen LogP contribution in [0.1, 0.15) is 91.5 Å². The number of phenols is 2. The van der Waals surface area contributed by atoms with Gasteiger partial charge in [0, 0.05) is 24.0 Å². The van der Waals surface area contributed by atoms with Crippen LogP contribution in [0.2, 0.25) is 0 Å². The molecule has 0 spiro atoms. The molecule has 0 bridgehead atoms. The average Bonchev–Trinajstić information content (AvgIpc) is 3.73. The van der Waals surface area contributed by atoms with E-state index in [1.165, 1.54) is 9.59 Å². The van der Waals surface area contributed by atoms with Gasteiger partial charge in [-0.3, -0.25) is 9.59 Å². The van der Waals surface area contributed by atoms with Gasteiger partial charge in [-0.2, -0.15) is 0 Å². The van der Waals surface area contributed by atoms with Crippen LogP contribution < -0.4 is 0 Å². The van der Waals surface area contributed by atoms with Gasteiger partial charge < -0.3 is 19.7 Å². The first-order valence-electron chi connectivity index (χ1n) is 17.4. The molecule has 286 valence electrons. The standard InChI is InChI=1S/C40H44N6O6.2CH4/c1-39(2,3)27-21-25(23-33(37(27)49)45-41-29-11-7-8-12-30(29)42-45)15-17-35(47)51-19-20-52-36(48)18-16-26-22-28(40(4,5)6)38(50)34(24-26)46-43-31-13-9-10-14-32(31)44-46;;/h7-14,21-24,49-50H,15-20H2,1-6H3;2*1H4. The van der Waals surface area contributed by atoms with E-state index < -0.39 is 11.9 Å². The number of phenolic OH excluding ortho intramolecular Hbond substituents is 2. The number of rotatable bonds is 11. The van der Waals surface area contributed by atoms with Crippen molar-refractivity contribution >= 4 is 34.0 Å². The van der Waals surface area contributed by atoms with Crippen LogP contribution in [0.3, 0.4) is 0 Å². The maximum absolute atomic E-state index is 12.7. The van der Waals surface area contributed by atoms with Crippen molar-refractivity contribution in [2.45, 2.75) is 92.9 Å². The number of carbonyl (C=O) groups is 2. The zero-order valence-electron chi connectivity index (χ0n) is 30.4. The molecule has 0 amide bonds. The molecule has 0 atom stereocenters. The molecule has 0 fully saturated rings. The number of aromatic hydroxyl groups is 2. The lowest BCUT2D eigenvalue weighted by Gasteiger charge is -2.23. The number of benzene rings is 4. The van der Waals surface area contributed by atoms with Crippen molar-refractivity contribution in [3.8, 4) is 22.9 Å². The summed E-state index contributed by atoms with van der Waals surface area (Å²) in [6.07, 6.45) is 0.919. The molecule has 4 aromatic carbocycles. The topological polar surface area (TPSA) is 154 Å². The maximum atomic E-state index is 12.7. The normalized spacial score (nSPS) is 11.6. The molecule has 6 aromatic rings. The number of aromatic nitrogens is 6. The summed E-state index contributed by atoms with van der Waals surface area (Å²) in [5.74, 6) is -0.690. The van der Waals surface area contributed by atoms with E-state index >= 15 is 0 Å². The Bertz CT molecular complexity index is 2030. The molecule has 0 saturated carbocycles. The third-order valence-corrected chi connectivity index (χ3v) is 8.76. The number of nitrogens with zero attached hydrogens (tertiary/aromatic N) is 6. The van der Waals surface area contributed by atoms with Crippen molar-refractivity contribution in [3.63, 3.8) is 0 Å². The van der Waals surface area contributed by atoms with Gasteiger partial charge in [0.05, 0.1) is 0 Å². The van der Waals surface area contributed by atoms with E-state index in [4.69, 9.17) is 9.47 Å². The summed E-state index contributed by atoms with van der Waals surface area (Å²) in [5, 5.41) is 40.5. The van der Waals surface area contributed by atoms with Gasteiger partial charge in [0.1, 0.15) is 58.2 Å². The summed E-state index contributed by atoms with van der Waals surface area (Å²) >= 11 is 0. The molecule has 0 saturated heterocycles. The van der Waals surface area contributed by atoms with E-state index in [1.54, 1.807) is 12.1 Å².